The van der Waals surface area contributed by atoms with Gasteiger partial charge in [-0.15, -0.1) is 0 Å². The predicted octanol–water partition coefficient (Wildman–Crippen LogP) is 2.60. The van der Waals surface area contributed by atoms with Gasteiger partial charge in [0.15, 0.2) is 0 Å². The summed E-state index contributed by atoms with van der Waals surface area (Å²) in [6, 6.07) is 8.35. The lowest BCUT2D eigenvalue weighted by Gasteiger charge is -2.29. The van der Waals surface area contributed by atoms with Gasteiger partial charge >= 0.3 is 0 Å². The van der Waals surface area contributed by atoms with E-state index in [1.165, 1.54) is 18.4 Å². The molecular formula is C18H28N2O3. The fourth-order valence-electron chi connectivity index (χ4n) is 3.18. The predicted molar refractivity (Wildman–Crippen MR) is 89.3 cm³/mol. The van der Waals surface area contributed by atoms with Gasteiger partial charge in [-0.05, 0) is 62.9 Å². The van der Waals surface area contributed by atoms with Crippen LogP contribution in [0, 0.1) is 0 Å². The molecule has 0 bridgehead atoms. The molecule has 0 aliphatic carbocycles. The van der Waals surface area contributed by atoms with E-state index < -0.39 is 6.10 Å². The van der Waals surface area contributed by atoms with Gasteiger partial charge < -0.3 is 10.0 Å². The van der Waals surface area contributed by atoms with E-state index in [4.69, 9.17) is 5.21 Å². The number of amides is 1. The van der Waals surface area contributed by atoms with Gasteiger partial charge in [-0.3, -0.25) is 10.0 Å². The molecule has 128 valence electrons. The number of aliphatic hydroxyl groups is 1. The number of nitrogens with one attached hydrogen (secondary N) is 1. The maximum atomic E-state index is 10.9. The highest BCUT2D eigenvalue weighted by molar-refractivity contribution is 5.74. The lowest BCUT2D eigenvalue weighted by atomic mass is 9.88. The van der Waals surface area contributed by atoms with Crippen LogP contribution in [0.3, 0.4) is 0 Å². The normalized spacial score (nSPS) is 17.9. The van der Waals surface area contributed by atoms with Gasteiger partial charge in [0.25, 0.3) is 0 Å². The van der Waals surface area contributed by atoms with Crippen molar-refractivity contribution in [3.63, 3.8) is 0 Å². The fourth-order valence-corrected chi connectivity index (χ4v) is 3.18. The van der Waals surface area contributed by atoms with Crippen LogP contribution in [-0.2, 0) is 4.79 Å². The average molecular weight is 320 g/mol. The molecule has 1 aliphatic heterocycles. The van der Waals surface area contributed by atoms with E-state index in [1.54, 1.807) is 5.48 Å². The molecule has 1 unspecified atom stereocenters. The SMILES string of the molecule is CN1CCC(c2ccc(C(O)CCCCC(=O)NO)cc2)CC1. The van der Waals surface area contributed by atoms with Crippen molar-refractivity contribution >= 4 is 5.91 Å². The Kier molecular flexibility index (Phi) is 7.02. The summed E-state index contributed by atoms with van der Waals surface area (Å²) in [6.45, 7) is 2.30. The third-order valence-electron chi connectivity index (χ3n) is 4.77. The monoisotopic (exact) mass is 320 g/mol. The topological polar surface area (TPSA) is 72.8 Å². The number of aliphatic hydroxyl groups excluding tert-OH is 1. The molecule has 23 heavy (non-hydrogen) atoms. The van der Waals surface area contributed by atoms with Crippen LogP contribution in [0.5, 0.6) is 0 Å². The Hall–Kier alpha value is -1.43. The summed E-state index contributed by atoms with van der Waals surface area (Å²) in [7, 11) is 2.17. The Morgan fingerprint density at radius 3 is 2.52 bits per heavy atom. The van der Waals surface area contributed by atoms with Crippen molar-refractivity contribution in [1.82, 2.24) is 10.4 Å². The molecule has 0 saturated carbocycles. The van der Waals surface area contributed by atoms with Crippen LogP contribution in [0.15, 0.2) is 24.3 Å². The van der Waals surface area contributed by atoms with E-state index in [2.05, 4.69) is 24.1 Å². The molecule has 1 aromatic carbocycles. The summed E-state index contributed by atoms with van der Waals surface area (Å²) in [4.78, 5) is 13.3. The van der Waals surface area contributed by atoms with Gasteiger partial charge in [0.05, 0.1) is 6.10 Å². The molecule has 5 nitrogen and oxygen atoms in total. The first-order chi connectivity index (χ1) is 11.1. The highest BCUT2D eigenvalue weighted by atomic mass is 16.5. The molecule has 3 N–H and O–H groups in total. The molecule has 1 aliphatic rings. The number of nitrogens with zero attached hydrogens (tertiary/aromatic N) is 1. The Balaban J connectivity index is 1.78. The second-order valence-electron chi connectivity index (χ2n) is 6.54. The zero-order valence-electron chi connectivity index (χ0n) is 13.9. The molecule has 0 spiro atoms. The smallest absolute Gasteiger partial charge is 0.243 e. The minimum absolute atomic E-state index is 0.290. The number of hydroxylamine groups is 1. The maximum Gasteiger partial charge on any atom is 0.243 e. The van der Waals surface area contributed by atoms with E-state index in [0.29, 0.717) is 18.8 Å². The van der Waals surface area contributed by atoms with Crippen molar-refractivity contribution in [1.29, 1.82) is 0 Å². The fraction of sp³-hybridized carbons (Fsp3) is 0.611. The zero-order chi connectivity index (χ0) is 16.7. The van der Waals surface area contributed by atoms with E-state index in [-0.39, 0.29) is 12.3 Å². The number of piperidine rings is 1. The van der Waals surface area contributed by atoms with Crippen molar-refractivity contribution in [3.8, 4) is 0 Å². The van der Waals surface area contributed by atoms with Crippen LogP contribution in [0.2, 0.25) is 0 Å². The van der Waals surface area contributed by atoms with Gasteiger partial charge in [0.1, 0.15) is 0 Å². The number of benzene rings is 1. The molecule has 2 rings (SSSR count). The van der Waals surface area contributed by atoms with Crippen molar-refractivity contribution in [2.75, 3.05) is 20.1 Å². The van der Waals surface area contributed by atoms with E-state index in [0.717, 1.165) is 25.1 Å². The Bertz CT molecular complexity index is 482. The molecule has 0 radical (unpaired) electrons. The van der Waals surface area contributed by atoms with Gasteiger partial charge in [-0.1, -0.05) is 30.7 Å². The Labute approximate surface area is 138 Å². The standard InChI is InChI=1S/C18H28N2O3/c1-20-12-10-15(11-13-20)14-6-8-16(9-7-14)17(21)4-2-3-5-18(22)19-23/h6-9,15,17,21,23H,2-5,10-13H2,1H3,(H,19,22). The number of unbranched alkanes of at least 4 members (excludes halogenated alkanes) is 1. The Morgan fingerprint density at radius 2 is 1.91 bits per heavy atom. The first-order valence-corrected chi connectivity index (χ1v) is 8.49. The zero-order valence-corrected chi connectivity index (χ0v) is 13.9. The van der Waals surface area contributed by atoms with Crippen LogP contribution in [-0.4, -0.2) is 41.3 Å². The van der Waals surface area contributed by atoms with Gasteiger partial charge in [0.2, 0.25) is 5.91 Å². The van der Waals surface area contributed by atoms with Crippen LogP contribution < -0.4 is 5.48 Å². The molecular weight excluding hydrogens is 292 g/mol. The minimum atomic E-state index is -0.487. The van der Waals surface area contributed by atoms with E-state index in [9.17, 15) is 9.90 Å². The van der Waals surface area contributed by atoms with E-state index >= 15 is 0 Å². The number of hydrogen-bond donors (Lipinski definition) is 3. The molecule has 1 fully saturated rings. The molecule has 1 saturated heterocycles. The average Bonchev–Trinajstić information content (AvgIpc) is 2.59. The first-order valence-electron chi connectivity index (χ1n) is 8.49. The summed E-state index contributed by atoms with van der Waals surface area (Å²) in [6.07, 6.45) is 4.25. The largest absolute Gasteiger partial charge is 0.388 e. The quantitative estimate of drug-likeness (QED) is 0.410. The molecule has 5 heteroatoms. The summed E-state index contributed by atoms with van der Waals surface area (Å²) in [5.41, 5.74) is 3.93. The summed E-state index contributed by atoms with van der Waals surface area (Å²) in [5.74, 6) is 0.261. The number of hydrogen-bond acceptors (Lipinski definition) is 4. The maximum absolute atomic E-state index is 10.9. The molecule has 1 aromatic rings. The lowest BCUT2D eigenvalue weighted by Crippen LogP contribution is -2.29. The summed E-state index contributed by atoms with van der Waals surface area (Å²) in [5, 5.41) is 18.6. The molecule has 1 heterocycles. The van der Waals surface area contributed by atoms with Gasteiger partial charge in [-0.2, -0.15) is 0 Å². The summed E-state index contributed by atoms with van der Waals surface area (Å²) >= 11 is 0. The van der Waals surface area contributed by atoms with Crippen LogP contribution >= 0.6 is 0 Å². The van der Waals surface area contributed by atoms with Gasteiger partial charge in [0, 0.05) is 6.42 Å². The van der Waals surface area contributed by atoms with Crippen molar-refractivity contribution < 1.29 is 15.1 Å². The van der Waals surface area contributed by atoms with Crippen molar-refractivity contribution in [2.45, 2.75) is 50.5 Å². The summed E-state index contributed by atoms with van der Waals surface area (Å²) < 4.78 is 0. The van der Waals surface area contributed by atoms with Gasteiger partial charge in [-0.25, -0.2) is 5.48 Å². The molecule has 1 atom stereocenters. The number of likely N-dealkylation sites (tertiary alicyclic amines) is 1. The van der Waals surface area contributed by atoms with Crippen molar-refractivity contribution in [2.24, 2.45) is 0 Å². The van der Waals surface area contributed by atoms with Crippen LogP contribution in [0.25, 0.3) is 0 Å². The molecule has 0 aromatic heterocycles. The second-order valence-corrected chi connectivity index (χ2v) is 6.54. The number of carbonyl (C=O) groups excluding carboxylic acids is 1. The van der Waals surface area contributed by atoms with E-state index in [1.807, 2.05) is 12.1 Å². The Morgan fingerprint density at radius 1 is 1.26 bits per heavy atom. The second kappa shape index (κ2) is 9.01. The first kappa shape index (κ1) is 17.9. The number of carbonyl (C=O) groups is 1. The third kappa shape index (κ3) is 5.61. The highest BCUT2D eigenvalue weighted by Gasteiger charge is 2.18. The van der Waals surface area contributed by atoms with Crippen molar-refractivity contribution in [3.05, 3.63) is 35.4 Å². The third-order valence-corrected chi connectivity index (χ3v) is 4.77. The van der Waals surface area contributed by atoms with Crippen LogP contribution in [0.4, 0.5) is 0 Å². The van der Waals surface area contributed by atoms with Crippen LogP contribution in [0.1, 0.15) is 61.7 Å². The number of rotatable bonds is 7. The lowest BCUT2D eigenvalue weighted by molar-refractivity contribution is -0.129. The highest BCUT2D eigenvalue weighted by Crippen LogP contribution is 2.29. The molecule has 1 amide bonds. The minimum Gasteiger partial charge on any atom is -0.388 e.